The number of nitro benzene ring substituents is 1. The van der Waals surface area contributed by atoms with Gasteiger partial charge in [0.25, 0.3) is 11.6 Å². The fourth-order valence-electron chi connectivity index (χ4n) is 2.67. The summed E-state index contributed by atoms with van der Waals surface area (Å²) in [6.07, 6.45) is 1.51. The molecule has 0 unspecified atom stereocenters. The van der Waals surface area contributed by atoms with Crippen LogP contribution in [0.3, 0.4) is 0 Å². The van der Waals surface area contributed by atoms with Crippen molar-refractivity contribution in [3.05, 3.63) is 63.2 Å². The number of rotatable bonds is 4. The predicted octanol–water partition coefficient (Wildman–Crippen LogP) is 3.13. The molecule has 0 aliphatic carbocycles. The van der Waals surface area contributed by atoms with E-state index in [1.165, 1.54) is 29.4 Å². The number of likely N-dealkylation sites (tertiary alicyclic amines) is 1. The Morgan fingerprint density at radius 2 is 2.15 bits per heavy atom. The molecule has 10 heteroatoms. The summed E-state index contributed by atoms with van der Waals surface area (Å²) < 4.78 is 10.4. The largest absolute Gasteiger partial charge is 0.461 e. The molecule has 0 bridgehead atoms. The zero-order valence-electron chi connectivity index (χ0n) is 13.2. The number of aromatic nitrogens is 2. The highest BCUT2D eigenvalue weighted by Gasteiger charge is 2.37. The summed E-state index contributed by atoms with van der Waals surface area (Å²) in [5, 5.41) is 14.9. The summed E-state index contributed by atoms with van der Waals surface area (Å²) in [7, 11) is 0. The van der Waals surface area contributed by atoms with Crippen molar-refractivity contribution in [2.24, 2.45) is 0 Å². The minimum atomic E-state index is -0.569. The van der Waals surface area contributed by atoms with Crippen molar-refractivity contribution in [1.29, 1.82) is 0 Å². The van der Waals surface area contributed by atoms with E-state index in [1.54, 1.807) is 12.1 Å². The Morgan fingerprint density at radius 3 is 2.85 bits per heavy atom. The second-order valence-electron chi connectivity index (χ2n) is 5.76. The Morgan fingerprint density at radius 1 is 1.35 bits per heavy atom. The summed E-state index contributed by atoms with van der Waals surface area (Å²) in [4.78, 5) is 28.6. The highest BCUT2D eigenvalue weighted by atomic mass is 35.5. The molecule has 2 aromatic heterocycles. The van der Waals surface area contributed by atoms with E-state index in [1.807, 2.05) is 0 Å². The van der Waals surface area contributed by atoms with Crippen LogP contribution in [-0.4, -0.2) is 39.0 Å². The normalized spacial score (nSPS) is 14.3. The quantitative estimate of drug-likeness (QED) is 0.508. The standard InChI is InChI=1S/C16H11ClN4O5/c17-12-4-3-10(21(23)24)6-11(12)16(22)20-7-9(8-20)15-18-14(19-26-15)13-2-1-5-25-13/h1-6,9H,7-8H2. The van der Waals surface area contributed by atoms with Gasteiger partial charge in [0.1, 0.15) is 0 Å². The van der Waals surface area contributed by atoms with Gasteiger partial charge in [0.2, 0.25) is 11.7 Å². The zero-order chi connectivity index (χ0) is 18.3. The first-order valence-corrected chi connectivity index (χ1v) is 8.01. The van der Waals surface area contributed by atoms with Crippen molar-refractivity contribution < 1.29 is 18.7 Å². The summed E-state index contributed by atoms with van der Waals surface area (Å²) >= 11 is 6.01. The number of nitro groups is 1. The van der Waals surface area contributed by atoms with Gasteiger partial charge in [-0.05, 0) is 18.2 Å². The fraction of sp³-hybridized carbons (Fsp3) is 0.188. The Labute approximate surface area is 151 Å². The van der Waals surface area contributed by atoms with Crippen molar-refractivity contribution in [2.75, 3.05) is 13.1 Å². The fourth-order valence-corrected chi connectivity index (χ4v) is 2.87. The Kier molecular flexibility index (Phi) is 3.92. The predicted molar refractivity (Wildman–Crippen MR) is 88.8 cm³/mol. The molecule has 132 valence electrons. The van der Waals surface area contributed by atoms with E-state index in [0.717, 1.165) is 0 Å². The average molecular weight is 375 g/mol. The van der Waals surface area contributed by atoms with Crippen LogP contribution in [0.25, 0.3) is 11.6 Å². The molecule has 3 heterocycles. The van der Waals surface area contributed by atoms with E-state index >= 15 is 0 Å². The SMILES string of the molecule is O=C(c1cc([N+](=O)[O-])ccc1Cl)N1CC(c2nc(-c3ccco3)no2)C1. The molecular formula is C16H11ClN4O5. The lowest BCUT2D eigenvalue weighted by Gasteiger charge is -2.37. The number of carbonyl (C=O) groups excluding carboxylic acids is 1. The van der Waals surface area contributed by atoms with Gasteiger partial charge < -0.3 is 13.8 Å². The van der Waals surface area contributed by atoms with Gasteiger partial charge >= 0.3 is 0 Å². The van der Waals surface area contributed by atoms with Gasteiger partial charge in [-0.1, -0.05) is 16.8 Å². The maximum absolute atomic E-state index is 12.5. The van der Waals surface area contributed by atoms with Crippen LogP contribution in [0.15, 0.2) is 45.5 Å². The lowest BCUT2D eigenvalue weighted by Crippen LogP contribution is -2.48. The molecule has 26 heavy (non-hydrogen) atoms. The monoisotopic (exact) mass is 374 g/mol. The Hall–Kier alpha value is -3.20. The van der Waals surface area contributed by atoms with Crippen LogP contribution in [0.4, 0.5) is 5.69 Å². The third kappa shape index (κ3) is 2.82. The zero-order valence-corrected chi connectivity index (χ0v) is 13.9. The topological polar surface area (TPSA) is 116 Å². The van der Waals surface area contributed by atoms with E-state index in [-0.39, 0.29) is 28.1 Å². The molecule has 1 aliphatic rings. The van der Waals surface area contributed by atoms with Crippen molar-refractivity contribution in [2.45, 2.75) is 5.92 Å². The highest BCUT2D eigenvalue weighted by molar-refractivity contribution is 6.34. The van der Waals surface area contributed by atoms with Crippen LogP contribution in [0.1, 0.15) is 22.2 Å². The molecule has 0 spiro atoms. The lowest BCUT2D eigenvalue weighted by molar-refractivity contribution is -0.384. The molecule has 1 fully saturated rings. The van der Waals surface area contributed by atoms with Gasteiger partial charge in [0, 0.05) is 25.2 Å². The molecule has 0 atom stereocenters. The Balaban J connectivity index is 1.46. The van der Waals surface area contributed by atoms with Gasteiger partial charge in [-0.2, -0.15) is 4.98 Å². The molecule has 1 aliphatic heterocycles. The van der Waals surface area contributed by atoms with Crippen LogP contribution in [0, 0.1) is 10.1 Å². The summed E-state index contributed by atoms with van der Waals surface area (Å²) in [6, 6.07) is 7.22. The van der Waals surface area contributed by atoms with E-state index in [2.05, 4.69) is 10.1 Å². The first-order valence-electron chi connectivity index (χ1n) is 7.63. The number of hydrogen-bond acceptors (Lipinski definition) is 7. The summed E-state index contributed by atoms with van der Waals surface area (Å²) in [6.45, 7) is 0.718. The molecule has 0 N–H and O–H groups in total. The van der Waals surface area contributed by atoms with Crippen molar-refractivity contribution >= 4 is 23.2 Å². The molecule has 4 rings (SSSR count). The smallest absolute Gasteiger partial charge is 0.270 e. The molecular weight excluding hydrogens is 364 g/mol. The van der Waals surface area contributed by atoms with Crippen LogP contribution in [-0.2, 0) is 0 Å². The summed E-state index contributed by atoms with van der Waals surface area (Å²) in [5.41, 5.74) is -0.0871. The molecule has 1 aromatic carbocycles. The first kappa shape index (κ1) is 16.3. The third-order valence-corrected chi connectivity index (χ3v) is 4.42. The molecule has 0 radical (unpaired) electrons. The van der Waals surface area contributed by atoms with Crippen LogP contribution in [0.5, 0.6) is 0 Å². The number of amides is 1. The summed E-state index contributed by atoms with van der Waals surface area (Å²) in [5.74, 6) is 0.770. The minimum Gasteiger partial charge on any atom is -0.461 e. The number of non-ortho nitro benzene ring substituents is 1. The maximum Gasteiger partial charge on any atom is 0.270 e. The number of nitrogens with zero attached hydrogens (tertiary/aromatic N) is 4. The van der Waals surface area contributed by atoms with E-state index < -0.39 is 4.92 Å². The average Bonchev–Trinajstić information content (AvgIpc) is 3.25. The second-order valence-corrected chi connectivity index (χ2v) is 6.17. The second kappa shape index (κ2) is 6.26. The van der Waals surface area contributed by atoms with E-state index in [0.29, 0.717) is 30.6 Å². The number of furan rings is 1. The van der Waals surface area contributed by atoms with Crippen molar-refractivity contribution in [3.63, 3.8) is 0 Å². The van der Waals surface area contributed by atoms with E-state index in [4.69, 9.17) is 20.5 Å². The van der Waals surface area contributed by atoms with Crippen LogP contribution in [0.2, 0.25) is 5.02 Å². The van der Waals surface area contributed by atoms with Crippen molar-refractivity contribution in [1.82, 2.24) is 15.0 Å². The number of carbonyl (C=O) groups is 1. The molecule has 0 saturated carbocycles. The molecule has 3 aromatic rings. The molecule has 9 nitrogen and oxygen atoms in total. The molecule has 1 saturated heterocycles. The third-order valence-electron chi connectivity index (χ3n) is 4.09. The maximum atomic E-state index is 12.5. The van der Waals surface area contributed by atoms with Gasteiger partial charge in [0.05, 0.1) is 27.7 Å². The van der Waals surface area contributed by atoms with Gasteiger partial charge in [-0.3, -0.25) is 14.9 Å². The number of benzene rings is 1. The number of hydrogen-bond donors (Lipinski definition) is 0. The van der Waals surface area contributed by atoms with Crippen LogP contribution < -0.4 is 0 Å². The van der Waals surface area contributed by atoms with Gasteiger partial charge in [-0.25, -0.2) is 0 Å². The van der Waals surface area contributed by atoms with E-state index in [9.17, 15) is 14.9 Å². The minimum absolute atomic E-state index is 0.0983. The first-order chi connectivity index (χ1) is 12.5. The van der Waals surface area contributed by atoms with Crippen LogP contribution >= 0.6 is 11.6 Å². The molecule has 1 amide bonds. The van der Waals surface area contributed by atoms with Crippen molar-refractivity contribution in [3.8, 4) is 11.6 Å². The lowest BCUT2D eigenvalue weighted by atomic mass is 9.98. The highest BCUT2D eigenvalue weighted by Crippen LogP contribution is 2.31. The van der Waals surface area contributed by atoms with Gasteiger partial charge in [0.15, 0.2) is 5.76 Å². The number of halogens is 1. The van der Waals surface area contributed by atoms with Gasteiger partial charge in [-0.15, -0.1) is 0 Å². The Bertz CT molecular complexity index is 978.